The third-order valence-corrected chi connectivity index (χ3v) is 9.73. The summed E-state index contributed by atoms with van der Waals surface area (Å²) in [6, 6.07) is 6.64. The molecule has 1 aromatic heterocycles. The lowest BCUT2D eigenvalue weighted by molar-refractivity contribution is -0.140. The maximum Gasteiger partial charge on any atom is 0.329 e. The van der Waals surface area contributed by atoms with Gasteiger partial charge >= 0.3 is 5.97 Å². The minimum atomic E-state index is -1.10. The van der Waals surface area contributed by atoms with Gasteiger partial charge in [0.05, 0.1) is 12.2 Å². The molecule has 4 aliphatic rings. The highest BCUT2D eigenvalue weighted by Gasteiger charge is 2.52. The van der Waals surface area contributed by atoms with Gasteiger partial charge in [-0.1, -0.05) is 40.0 Å². The van der Waals surface area contributed by atoms with Crippen molar-refractivity contribution in [3.63, 3.8) is 0 Å². The average molecular weight is 519 g/mol. The molecule has 6 rings (SSSR count). The summed E-state index contributed by atoms with van der Waals surface area (Å²) in [6.07, 6.45) is 10.7. The number of hydrogen-bond donors (Lipinski definition) is 2. The van der Waals surface area contributed by atoms with Crippen LogP contribution in [0.4, 0.5) is 0 Å². The molecule has 1 aliphatic heterocycles. The van der Waals surface area contributed by atoms with Gasteiger partial charge in [-0.3, -0.25) is 4.79 Å². The molecule has 6 nitrogen and oxygen atoms in total. The van der Waals surface area contributed by atoms with E-state index in [1.54, 1.807) is 0 Å². The van der Waals surface area contributed by atoms with E-state index < -0.39 is 11.5 Å². The van der Waals surface area contributed by atoms with Gasteiger partial charge in [0, 0.05) is 34.5 Å². The SMILES string of the molecule is Cc1c(C(=O)NC2(C(=O)O)CC2)cc(-c2cc(C(C)(C)C)c3c(c2)C2(CCO3)CC2)n1CC1CCCCC1. The molecule has 1 amide bonds. The van der Waals surface area contributed by atoms with Crippen LogP contribution in [0.3, 0.4) is 0 Å². The first-order valence-corrected chi connectivity index (χ1v) is 14.6. The molecule has 2 aromatic rings. The van der Waals surface area contributed by atoms with Crippen LogP contribution in [0, 0.1) is 12.8 Å². The smallest absolute Gasteiger partial charge is 0.329 e. The number of carboxylic acids is 1. The summed E-state index contributed by atoms with van der Waals surface area (Å²) >= 11 is 0. The van der Waals surface area contributed by atoms with Gasteiger partial charge in [-0.15, -0.1) is 0 Å². The lowest BCUT2D eigenvalue weighted by atomic mass is 9.79. The van der Waals surface area contributed by atoms with Crippen LogP contribution >= 0.6 is 0 Å². The summed E-state index contributed by atoms with van der Waals surface area (Å²) in [4.78, 5) is 25.3. The van der Waals surface area contributed by atoms with Gasteiger partial charge in [0.2, 0.25) is 0 Å². The van der Waals surface area contributed by atoms with Gasteiger partial charge in [-0.25, -0.2) is 4.79 Å². The van der Waals surface area contributed by atoms with Crippen molar-refractivity contribution in [2.75, 3.05) is 6.61 Å². The molecule has 3 fully saturated rings. The van der Waals surface area contributed by atoms with Crippen molar-refractivity contribution < 1.29 is 19.4 Å². The highest BCUT2D eigenvalue weighted by atomic mass is 16.5. The quantitative estimate of drug-likeness (QED) is 0.457. The highest BCUT2D eigenvalue weighted by Crippen LogP contribution is 2.58. The van der Waals surface area contributed by atoms with E-state index in [0.29, 0.717) is 24.3 Å². The maximum absolute atomic E-state index is 13.5. The Kier molecular flexibility index (Phi) is 5.97. The summed E-state index contributed by atoms with van der Waals surface area (Å²) in [5, 5.41) is 12.5. The molecule has 0 atom stereocenters. The van der Waals surface area contributed by atoms with E-state index in [4.69, 9.17) is 4.74 Å². The Labute approximate surface area is 226 Å². The standard InChI is InChI=1S/C32H42N2O4/c1-20-23(28(35)33-32(12-13-32)29(36)37)18-26(34(20)19-21-8-6-5-7-9-21)22-16-24(30(2,3)4)27-25(17-22)31(10-11-31)14-15-38-27/h16-18,21H,5-15,19H2,1-4H3,(H,33,35)(H,36,37). The van der Waals surface area contributed by atoms with Crippen LogP contribution in [0.2, 0.25) is 0 Å². The Morgan fingerprint density at radius 2 is 1.76 bits per heavy atom. The number of carboxylic acid groups (broad SMARTS) is 1. The fourth-order valence-electron chi connectivity index (χ4n) is 6.82. The summed E-state index contributed by atoms with van der Waals surface area (Å²) in [5.74, 6) is 0.449. The van der Waals surface area contributed by atoms with Crippen LogP contribution in [0.5, 0.6) is 5.75 Å². The fraction of sp³-hybridized carbons (Fsp3) is 0.625. The van der Waals surface area contributed by atoms with Gasteiger partial charge in [0.15, 0.2) is 0 Å². The van der Waals surface area contributed by atoms with Crippen molar-refractivity contribution >= 4 is 11.9 Å². The van der Waals surface area contributed by atoms with E-state index in [-0.39, 0.29) is 16.7 Å². The van der Waals surface area contributed by atoms with Crippen LogP contribution in [-0.2, 0) is 22.2 Å². The van der Waals surface area contributed by atoms with Crippen molar-refractivity contribution in [2.45, 2.75) is 115 Å². The van der Waals surface area contributed by atoms with Crippen molar-refractivity contribution in [3.05, 3.63) is 40.6 Å². The van der Waals surface area contributed by atoms with E-state index in [1.807, 2.05) is 13.0 Å². The minimum absolute atomic E-state index is 0.0800. The van der Waals surface area contributed by atoms with E-state index >= 15 is 0 Å². The molecule has 3 saturated carbocycles. The molecule has 2 heterocycles. The van der Waals surface area contributed by atoms with Crippen molar-refractivity contribution in [1.29, 1.82) is 0 Å². The Morgan fingerprint density at radius 1 is 1.05 bits per heavy atom. The van der Waals surface area contributed by atoms with Crippen LogP contribution in [0.25, 0.3) is 11.3 Å². The molecule has 38 heavy (non-hydrogen) atoms. The molecular weight excluding hydrogens is 476 g/mol. The summed E-state index contributed by atoms with van der Waals surface area (Å²) in [6.45, 7) is 10.4. The number of rotatable bonds is 6. The summed E-state index contributed by atoms with van der Waals surface area (Å²) in [7, 11) is 0. The predicted octanol–water partition coefficient (Wildman–Crippen LogP) is 6.50. The van der Waals surface area contributed by atoms with Crippen LogP contribution in [0.1, 0.15) is 112 Å². The third-order valence-electron chi connectivity index (χ3n) is 9.73. The number of benzene rings is 1. The van der Waals surface area contributed by atoms with Gasteiger partial charge in [-0.2, -0.15) is 0 Å². The number of nitrogens with zero attached hydrogens (tertiary/aromatic N) is 1. The lowest BCUT2D eigenvalue weighted by Gasteiger charge is -2.33. The van der Waals surface area contributed by atoms with Crippen molar-refractivity contribution in [2.24, 2.45) is 5.92 Å². The second-order valence-electron chi connectivity index (χ2n) is 13.5. The molecular formula is C32H42N2O4. The topological polar surface area (TPSA) is 80.6 Å². The van der Waals surface area contributed by atoms with E-state index in [2.05, 4.69) is 42.8 Å². The predicted molar refractivity (Wildman–Crippen MR) is 148 cm³/mol. The molecule has 0 unspecified atom stereocenters. The largest absolute Gasteiger partial charge is 0.493 e. The molecule has 0 bridgehead atoms. The zero-order chi connectivity index (χ0) is 26.9. The second-order valence-corrected chi connectivity index (χ2v) is 13.5. The molecule has 0 saturated heterocycles. The number of hydrogen-bond acceptors (Lipinski definition) is 3. The zero-order valence-electron chi connectivity index (χ0n) is 23.4. The molecule has 1 spiro atoms. The van der Waals surface area contributed by atoms with Crippen molar-refractivity contribution in [1.82, 2.24) is 9.88 Å². The Morgan fingerprint density at radius 3 is 2.37 bits per heavy atom. The second kappa shape index (κ2) is 8.89. The number of aromatic nitrogens is 1. The Balaban J connectivity index is 1.47. The Hall–Kier alpha value is -2.76. The fourth-order valence-corrected chi connectivity index (χ4v) is 6.82. The number of carbonyl (C=O) groups is 2. The first-order valence-electron chi connectivity index (χ1n) is 14.6. The van der Waals surface area contributed by atoms with Crippen LogP contribution < -0.4 is 10.1 Å². The normalized spacial score (nSPS) is 21.5. The molecule has 2 N–H and O–H groups in total. The summed E-state index contributed by atoms with van der Waals surface area (Å²) in [5.41, 5.74) is 5.35. The van der Waals surface area contributed by atoms with Gasteiger partial charge in [0.1, 0.15) is 11.3 Å². The van der Waals surface area contributed by atoms with Gasteiger partial charge in [-0.05, 0) is 87.0 Å². The first-order chi connectivity index (χ1) is 18.0. The first kappa shape index (κ1) is 25.5. The molecule has 0 radical (unpaired) electrons. The van der Waals surface area contributed by atoms with E-state index in [0.717, 1.165) is 42.3 Å². The lowest BCUT2D eigenvalue weighted by Crippen LogP contribution is -2.43. The van der Waals surface area contributed by atoms with Crippen molar-refractivity contribution in [3.8, 4) is 17.0 Å². The monoisotopic (exact) mass is 518 g/mol. The third kappa shape index (κ3) is 4.34. The molecule has 6 heteroatoms. The van der Waals surface area contributed by atoms with Crippen LogP contribution in [-0.4, -0.2) is 33.7 Å². The van der Waals surface area contributed by atoms with E-state index in [1.165, 1.54) is 56.1 Å². The maximum atomic E-state index is 13.5. The number of ether oxygens (including phenoxy) is 1. The molecule has 3 aliphatic carbocycles. The molecule has 1 aromatic carbocycles. The number of nitrogens with one attached hydrogen (secondary N) is 1. The molecule has 204 valence electrons. The van der Waals surface area contributed by atoms with E-state index in [9.17, 15) is 14.7 Å². The van der Waals surface area contributed by atoms with Crippen LogP contribution in [0.15, 0.2) is 18.2 Å². The number of amides is 1. The number of carbonyl (C=O) groups excluding carboxylic acids is 1. The minimum Gasteiger partial charge on any atom is -0.493 e. The van der Waals surface area contributed by atoms with Gasteiger partial charge < -0.3 is 19.7 Å². The average Bonchev–Trinajstić information content (AvgIpc) is 3.80. The zero-order valence-corrected chi connectivity index (χ0v) is 23.4. The van der Waals surface area contributed by atoms with Gasteiger partial charge in [0.25, 0.3) is 5.91 Å². The Bertz CT molecular complexity index is 1270. The number of aliphatic carboxylic acids is 1. The summed E-state index contributed by atoms with van der Waals surface area (Å²) < 4.78 is 8.67. The number of fused-ring (bicyclic) bond motifs is 2. The highest BCUT2D eigenvalue weighted by molar-refractivity contribution is 6.01.